The van der Waals surface area contributed by atoms with Gasteiger partial charge in [0.05, 0.1) is 0 Å². The van der Waals surface area contributed by atoms with E-state index in [9.17, 15) is 0 Å². The van der Waals surface area contributed by atoms with Crippen molar-refractivity contribution in [2.45, 2.75) is 13.8 Å². The summed E-state index contributed by atoms with van der Waals surface area (Å²) < 4.78 is 0. The SMILES string of the molecule is C#Cc1cc(C)cc(C#C)c1C. The lowest BCUT2D eigenvalue weighted by Crippen LogP contribution is -1.89. The fourth-order valence-corrected chi connectivity index (χ4v) is 1.16. The zero-order valence-corrected chi connectivity index (χ0v) is 7.31. The van der Waals surface area contributed by atoms with E-state index in [0.29, 0.717) is 0 Å². The van der Waals surface area contributed by atoms with E-state index in [4.69, 9.17) is 12.8 Å². The molecule has 0 aromatic heterocycles. The van der Waals surface area contributed by atoms with Crippen LogP contribution >= 0.6 is 0 Å². The highest BCUT2D eigenvalue weighted by Gasteiger charge is 2.00. The van der Waals surface area contributed by atoms with E-state index in [1.165, 1.54) is 0 Å². The van der Waals surface area contributed by atoms with Crippen LogP contribution in [-0.2, 0) is 0 Å². The first-order valence-corrected chi connectivity index (χ1v) is 3.73. The largest absolute Gasteiger partial charge is 0.115 e. The molecule has 58 valence electrons. The Morgan fingerprint density at radius 3 is 1.75 bits per heavy atom. The Morgan fingerprint density at radius 1 is 1.00 bits per heavy atom. The van der Waals surface area contributed by atoms with Gasteiger partial charge in [0.1, 0.15) is 0 Å². The first-order chi connectivity index (χ1) is 5.69. The Hall–Kier alpha value is -1.66. The molecule has 0 aliphatic rings. The molecule has 0 unspecified atom stereocenters. The zero-order chi connectivity index (χ0) is 9.14. The van der Waals surface area contributed by atoms with Gasteiger partial charge >= 0.3 is 0 Å². The number of benzene rings is 1. The third kappa shape index (κ3) is 1.34. The molecule has 0 aliphatic carbocycles. The summed E-state index contributed by atoms with van der Waals surface area (Å²) in [6.07, 6.45) is 10.6. The minimum Gasteiger partial charge on any atom is -0.115 e. The quantitative estimate of drug-likeness (QED) is 0.503. The Bertz CT molecular complexity index is 348. The van der Waals surface area contributed by atoms with Crippen molar-refractivity contribution in [3.8, 4) is 24.7 Å². The van der Waals surface area contributed by atoms with E-state index in [1.807, 2.05) is 26.0 Å². The van der Waals surface area contributed by atoms with Gasteiger partial charge in [-0.1, -0.05) is 11.8 Å². The van der Waals surface area contributed by atoms with Crippen LogP contribution in [0.3, 0.4) is 0 Å². The second-order valence-corrected chi connectivity index (χ2v) is 2.77. The average molecular weight is 154 g/mol. The molecular weight excluding hydrogens is 144 g/mol. The standard InChI is InChI=1S/C12H10/c1-5-11-7-9(3)8-12(6-2)10(11)4/h1-2,7-8H,3-4H3. The maximum atomic E-state index is 5.32. The van der Waals surface area contributed by atoms with Gasteiger partial charge in [-0.25, -0.2) is 0 Å². The third-order valence-corrected chi connectivity index (χ3v) is 1.86. The van der Waals surface area contributed by atoms with Crippen LogP contribution in [0, 0.1) is 38.5 Å². The van der Waals surface area contributed by atoms with Gasteiger partial charge < -0.3 is 0 Å². The maximum absolute atomic E-state index is 5.32. The van der Waals surface area contributed by atoms with E-state index in [2.05, 4.69) is 11.8 Å². The van der Waals surface area contributed by atoms with Crippen molar-refractivity contribution in [2.24, 2.45) is 0 Å². The summed E-state index contributed by atoms with van der Waals surface area (Å²) in [5, 5.41) is 0. The highest BCUT2D eigenvalue weighted by atomic mass is 14.0. The van der Waals surface area contributed by atoms with Gasteiger partial charge in [0.15, 0.2) is 0 Å². The first-order valence-electron chi connectivity index (χ1n) is 3.73. The van der Waals surface area contributed by atoms with Crippen LogP contribution in [-0.4, -0.2) is 0 Å². The van der Waals surface area contributed by atoms with Gasteiger partial charge in [-0.2, -0.15) is 0 Å². The zero-order valence-electron chi connectivity index (χ0n) is 7.31. The van der Waals surface area contributed by atoms with E-state index < -0.39 is 0 Å². The number of terminal acetylenes is 2. The topological polar surface area (TPSA) is 0 Å². The van der Waals surface area contributed by atoms with Gasteiger partial charge in [0, 0.05) is 11.1 Å². The third-order valence-electron chi connectivity index (χ3n) is 1.86. The van der Waals surface area contributed by atoms with Crippen LogP contribution in [0.25, 0.3) is 0 Å². The molecule has 0 spiro atoms. The van der Waals surface area contributed by atoms with Crippen molar-refractivity contribution >= 4 is 0 Å². The first kappa shape index (κ1) is 8.44. The van der Waals surface area contributed by atoms with Crippen LogP contribution in [0.15, 0.2) is 12.1 Å². The van der Waals surface area contributed by atoms with Crippen LogP contribution < -0.4 is 0 Å². The van der Waals surface area contributed by atoms with Gasteiger partial charge in [0.2, 0.25) is 0 Å². The van der Waals surface area contributed by atoms with Gasteiger partial charge in [-0.15, -0.1) is 12.8 Å². The molecule has 1 rings (SSSR count). The fourth-order valence-electron chi connectivity index (χ4n) is 1.16. The molecule has 0 N–H and O–H groups in total. The average Bonchev–Trinajstić information content (AvgIpc) is 2.08. The summed E-state index contributed by atoms with van der Waals surface area (Å²) in [6.45, 7) is 3.94. The Labute approximate surface area is 73.6 Å². The predicted octanol–water partition coefficient (Wildman–Crippen LogP) is 2.27. The van der Waals surface area contributed by atoms with E-state index in [1.54, 1.807) is 0 Å². The van der Waals surface area contributed by atoms with Crippen molar-refractivity contribution < 1.29 is 0 Å². The molecular formula is C12H10. The van der Waals surface area contributed by atoms with Crippen LogP contribution in [0.2, 0.25) is 0 Å². The lowest BCUT2D eigenvalue weighted by molar-refractivity contribution is 1.35. The highest BCUT2D eigenvalue weighted by molar-refractivity contribution is 5.51. The Kier molecular flexibility index (Phi) is 2.22. The molecule has 0 heteroatoms. The van der Waals surface area contributed by atoms with Crippen molar-refractivity contribution in [1.82, 2.24) is 0 Å². The van der Waals surface area contributed by atoms with Crippen molar-refractivity contribution in [3.05, 3.63) is 34.4 Å². The lowest BCUT2D eigenvalue weighted by atomic mass is 10.0. The highest BCUT2D eigenvalue weighted by Crippen LogP contribution is 2.14. The number of aryl methyl sites for hydroxylation is 1. The minimum atomic E-state index is 0.892. The molecule has 0 fully saturated rings. The predicted molar refractivity (Wildman–Crippen MR) is 51.8 cm³/mol. The second-order valence-electron chi connectivity index (χ2n) is 2.77. The molecule has 1 aromatic rings. The molecule has 0 bridgehead atoms. The van der Waals surface area contributed by atoms with Gasteiger partial charge in [-0.3, -0.25) is 0 Å². The molecule has 0 saturated heterocycles. The van der Waals surface area contributed by atoms with Crippen LogP contribution in [0.1, 0.15) is 22.3 Å². The molecule has 12 heavy (non-hydrogen) atoms. The summed E-state index contributed by atoms with van der Waals surface area (Å²) in [7, 11) is 0. The van der Waals surface area contributed by atoms with E-state index in [0.717, 1.165) is 22.3 Å². The van der Waals surface area contributed by atoms with Gasteiger partial charge in [-0.05, 0) is 37.1 Å². The van der Waals surface area contributed by atoms with E-state index >= 15 is 0 Å². The van der Waals surface area contributed by atoms with Crippen molar-refractivity contribution in [1.29, 1.82) is 0 Å². The molecule has 1 aromatic carbocycles. The van der Waals surface area contributed by atoms with E-state index in [-0.39, 0.29) is 0 Å². The van der Waals surface area contributed by atoms with Crippen molar-refractivity contribution in [3.63, 3.8) is 0 Å². The number of hydrogen-bond donors (Lipinski definition) is 0. The molecule has 0 saturated carbocycles. The van der Waals surface area contributed by atoms with Gasteiger partial charge in [0.25, 0.3) is 0 Å². The lowest BCUT2D eigenvalue weighted by Gasteiger charge is -2.03. The monoisotopic (exact) mass is 154 g/mol. The maximum Gasteiger partial charge on any atom is 0.0286 e. The molecule has 0 heterocycles. The summed E-state index contributed by atoms with van der Waals surface area (Å²) in [4.78, 5) is 0. The smallest absolute Gasteiger partial charge is 0.0286 e. The normalized spacial score (nSPS) is 8.67. The Balaban J connectivity index is 3.48. The molecule has 0 amide bonds. The van der Waals surface area contributed by atoms with Crippen molar-refractivity contribution in [2.75, 3.05) is 0 Å². The minimum absolute atomic E-state index is 0.892. The molecule has 0 nitrogen and oxygen atoms in total. The second kappa shape index (κ2) is 3.16. The fraction of sp³-hybridized carbons (Fsp3) is 0.167. The number of hydrogen-bond acceptors (Lipinski definition) is 0. The molecule has 0 radical (unpaired) electrons. The molecule has 0 aliphatic heterocycles. The summed E-state index contributed by atoms with van der Waals surface area (Å²) in [5.41, 5.74) is 3.91. The summed E-state index contributed by atoms with van der Waals surface area (Å²) >= 11 is 0. The van der Waals surface area contributed by atoms with Crippen LogP contribution in [0.4, 0.5) is 0 Å². The summed E-state index contributed by atoms with van der Waals surface area (Å²) in [5.74, 6) is 5.23. The molecule has 0 atom stereocenters. The Morgan fingerprint density at radius 2 is 1.42 bits per heavy atom. The van der Waals surface area contributed by atoms with Crippen LogP contribution in [0.5, 0.6) is 0 Å². The summed E-state index contributed by atoms with van der Waals surface area (Å²) in [6, 6.07) is 3.94. The number of rotatable bonds is 0.